The number of nitrogens with zero attached hydrogens (tertiary/aromatic N) is 3. The average Bonchev–Trinajstić information content (AvgIpc) is 3.24. The average molecular weight is 345 g/mol. The molecular formula is C16H15N3O4S. The molecule has 2 heterocycles. The van der Waals surface area contributed by atoms with E-state index in [4.69, 9.17) is 4.74 Å². The fraction of sp³-hybridized carbons (Fsp3) is 0.188. The lowest BCUT2D eigenvalue weighted by atomic mass is 10.3. The molecule has 7 nitrogen and oxygen atoms in total. The molecule has 0 saturated carbocycles. The number of hydrogen-bond donors (Lipinski definition) is 1. The summed E-state index contributed by atoms with van der Waals surface area (Å²) in [7, 11) is 0. The van der Waals surface area contributed by atoms with E-state index in [0.29, 0.717) is 12.3 Å². The summed E-state index contributed by atoms with van der Waals surface area (Å²) in [4.78, 5) is 15.6. The molecule has 0 aliphatic rings. The van der Waals surface area contributed by atoms with Crippen molar-refractivity contribution >= 4 is 17.0 Å². The molecule has 0 saturated heterocycles. The minimum atomic E-state index is -0.767. The maximum Gasteiger partial charge on any atom is 0.273 e. The van der Waals surface area contributed by atoms with E-state index in [-0.39, 0.29) is 12.3 Å². The van der Waals surface area contributed by atoms with Crippen LogP contribution in [0.15, 0.2) is 54.2 Å². The zero-order valence-corrected chi connectivity index (χ0v) is 13.4. The highest BCUT2D eigenvalue weighted by Crippen LogP contribution is 2.23. The predicted molar refractivity (Wildman–Crippen MR) is 90.1 cm³/mol. The van der Waals surface area contributed by atoms with Crippen LogP contribution in [0.2, 0.25) is 0 Å². The maximum atomic E-state index is 10.7. The maximum absolute atomic E-state index is 10.7. The Labute approximate surface area is 141 Å². The van der Waals surface area contributed by atoms with Crippen LogP contribution >= 0.6 is 11.3 Å². The summed E-state index contributed by atoms with van der Waals surface area (Å²) in [6, 6.07) is 9.80. The zero-order valence-electron chi connectivity index (χ0n) is 12.6. The fourth-order valence-corrected chi connectivity index (χ4v) is 2.98. The van der Waals surface area contributed by atoms with E-state index in [1.54, 1.807) is 35.9 Å². The largest absolute Gasteiger partial charge is 0.491 e. The second-order valence-corrected chi connectivity index (χ2v) is 6.05. The molecule has 2 aromatic heterocycles. The molecule has 0 aliphatic carbocycles. The Hall–Kier alpha value is -2.71. The summed E-state index contributed by atoms with van der Waals surface area (Å²) in [5.74, 6) is 1.15. The summed E-state index contributed by atoms with van der Waals surface area (Å²) >= 11 is 1.58. The van der Waals surface area contributed by atoms with Gasteiger partial charge < -0.3 is 14.4 Å². The molecule has 1 atom stereocenters. The van der Waals surface area contributed by atoms with Crippen molar-refractivity contribution in [3.05, 3.63) is 64.3 Å². The third kappa shape index (κ3) is 3.79. The minimum absolute atomic E-state index is 0.0310. The second kappa shape index (κ2) is 7.24. The lowest BCUT2D eigenvalue weighted by molar-refractivity contribution is -0.384. The van der Waals surface area contributed by atoms with E-state index in [2.05, 4.69) is 4.98 Å². The number of rotatable bonds is 7. The van der Waals surface area contributed by atoms with Gasteiger partial charge in [0, 0.05) is 18.5 Å². The molecule has 1 N–H and O–H groups in total. The number of aliphatic hydroxyl groups excluding tert-OH is 1. The smallest absolute Gasteiger partial charge is 0.273 e. The summed E-state index contributed by atoms with van der Waals surface area (Å²) in [5.41, 5.74) is -0.0448. The second-order valence-electron chi connectivity index (χ2n) is 5.10. The normalized spacial score (nSPS) is 12.0. The minimum Gasteiger partial charge on any atom is -0.491 e. The van der Waals surface area contributed by atoms with Gasteiger partial charge in [-0.15, -0.1) is 11.3 Å². The molecule has 1 aromatic carbocycles. The number of hydrogen-bond acceptors (Lipinski definition) is 6. The molecule has 0 fully saturated rings. The van der Waals surface area contributed by atoms with Crippen molar-refractivity contribution in [2.24, 2.45) is 0 Å². The van der Waals surface area contributed by atoms with Crippen LogP contribution in [0.4, 0.5) is 5.69 Å². The van der Waals surface area contributed by atoms with Gasteiger partial charge in [0.25, 0.3) is 5.69 Å². The third-order valence-corrected chi connectivity index (χ3v) is 4.20. The lowest BCUT2D eigenvalue weighted by Gasteiger charge is -2.14. The predicted octanol–water partition coefficient (Wildman–Crippen LogP) is 2.96. The van der Waals surface area contributed by atoms with Crippen molar-refractivity contribution in [1.82, 2.24) is 9.55 Å². The summed E-state index contributed by atoms with van der Waals surface area (Å²) in [5, 5.41) is 22.9. The van der Waals surface area contributed by atoms with Gasteiger partial charge >= 0.3 is 0 Å². The van der Waals surface area contributed by atoms with Crippen molar-refractivity contribution < 1.29 is 14.8 Å². The standard InChI is InChI=1S/C16H15N3O4S/c20-13(11-23-14-4-1-3-12(9-14)19(21)22)10-18-7-6-17-16(18)15-5-2-8-24-15/h1-9,13,20H,10-11H2. The van der Waals surface area contributed by atoms with Crippen molar-refractivity contribution in [2.75, 3.05) is 6.61 Å². The van der Waals surface area contributed by atoms with E-state index in [9.17, 15) is 15.2 Å². The van der Waals surface area contributed by atoms with Gasteiger partial charge in [-0.2, -0.15) is 0 Å². The number of aliphatic hydroxyl groups is 1. The Morgan fingerprint density at radius 1 is 1.38 bits per heavy atom. The summed E-state index contributed by atoms with van der Waals surface area (Å²) in [6.45, 7) is 0.353. The molecule has 3 rings (SSSR count). The van der Waals surface area contributed by atoms with Crippen LogP contribution in [-0.2, 0) is 6.54 Å². The van der Waals surface area contributed by atoms with E-state index < -0.39 is 11.0 Å². The Kier molecular flexibility index (Phi) is 4.88. The number of imidazole rings is 1. The molecule has 24 heavy (non-hydrogen) atoms. The van der Waals surface area contributed by atoms with E-state index in [1.165, 1.54) is 12.1 Å². The quantitative estimate of drug-likeness (QED) is 0.525. The summed E-state index contributed by atoms with van der Waals surface area (Å²) in [6.07, 6.45) is 2.71. The number of non-ortho nitro benzene ring substituents is 1. The van der Waals surface area contributed by atoms with Gasteiger partial charge in [0.05, 0.1) is 22.4 Å². The molecule has 0 radical (unpaired) electrons. The first-order valence-electron chi connectivity index (χ1n) is 7.24. The van der Waals surface area contributed by atoms with Crippen LogP contribution in [0.3, 0.4) is 0 Å². The van der Waals surface area contributed by atoms with Crippen molar-refractivity contribution in [2.45, 2.75) is 12.6 Å². The van der Waals surface area contributed by atoms with Crippen LogP contribution in [-0.4, -0.2) is 32.3 Å². The molecular weight excluding hydrogens is 330 g/mol. The van der Waals surface area contributed by atoms with E-state index >= 15 is 0 Å². The van der Waals surface area contributed by atoms with Crippen LogP contribution in [0.1, 0.15) is 0 Å². The molecule has 0 aliphatic heterocycles. The summed E-state index contributed by atoms with van der Waals surface area (Å²) < 4.78 is 7.31. The molecule has 0 bridgehead atoms. The van der Waals surface area contributed by atoms with Gasteiger partial charge in [-0.3, -0.25) is 10.1 Å². The first-order valence-corrected chi connectivity index (χ1v) is 8.12. The van der Waals surface area contributed by atoms with Crippen molar-refractivity contribution in [3.63, 3.8) is 0 Å². The molecule has 8 heteroatoms. The Morgan fingerprint density at radius 2 is 2.25 bits per heavy atom. The lowest BCUT2D eigenvalue weighted by Crippen LogP contribution is -2.23. The van der Waals surface area contributed by atoms with Gasteiger partial charge in [-0.1, -0.05) is 12.1 Å². The number of nitro groups is 1. The van der Waals surface area contributed by atoms with Gasteiger partial charge in [-0.05, 0) is 17.5 Å². The topological polar surface area (TPSA) is 90.4 Å². The van der Waals surface area contributed by atoms with Gasteiger partial charge in [0.2, 0.25) is 0 Å². The Morgan fingerprint density at radius 3 is 3.00 bits per heavy atom. The number of ether oxygens (including phenoxy) is 1. The van der Waals surface area contributed by atoms with E-state index in [1.807, 2.05) is 22.1 Å². The van der Waals surface area contributed by atoms with Crippen molar-refractivity contribution in [3.8, 4) is 16.5 Å². The Bertz CT molecular complexity index is 816. The van der Waals surface area contributed by atoms with Crippen LogP contribution in [0.5, 0.6) is 5.75 Å². The van der Waals surface area contributed by atoms with Crippen LogP contribution < -0.4 is 4.74 Å². The van der Waals surface area contributed by atoms with Crippen LogP contribution in [0, 0.1) is 10.1 Å². The first-order chi connectivity index (χ1) is 11.6. The monoisotopic (exact) mass is 345 g/mol. The van der Waals surface area contributed by atoms with Crippen LogP contribution in [0.25, 0.3) is 10.7 Å². The highest BCUT2D eigenvalue weighted by Gasteiger charge is 2.13. The molecule has 0 spiro atoms. The molecule has 1 unspecified atom stereocenters. The van der Waals surface area contributed by atoms with Gasteiger partial charge in [-0.25, -0.2) is 4.98 Å². The van der Waals surface area contributed by atoms with Gasteiger partial charge in [0.15, 0.2) is 0 Å². The number of nitro benzene ring substituents is 1. The SMILES string of the molecule is O=[N+]([O-])c1cccc(OCC(O)Cn2ccnc2-c2cccs2)c1. The molecule has 3 aromatic rings. The third-order valence-electron chi connectivity index (χ3n) is 3.34. The highest BCUT2D eigenvalue weighted by atomic mass is 32.1. The zero-order chi connectivity index (χ0) is 16.9. The number of thiophene rings is 1. The highest BCUT2D eigenvalue weighted by molar-refractivity contribution is 7.13. The number of aromatic nitrogens is 2. The molecule has 124 valence electrons. The Balaban J connectivity index is 1.61. The number of benzene rings is 1. The van der Waals surface area contributed by atoms with E-state index in [0.717, 1.165) is 10.7 Å². The first kappa shape index (κ1) is 16.2. The van der Waals surface area contributed by atoms with Gasteiger partial charge in [0.1, 0.15) is 24.3 Å². The van der Waals surface area contributed by atoms with Crippen molar-refractivity contribution in [1.29, 1.82) is 0 Å². The molecule has 0 amide bonds. The fourth-order valence-electron chi connectivity index (χ4n) is 2.25.